The molecule has 2 aromatic carbocycles. The molecule has 5 rings (SSSR count). The van der Waals surface area contributed by atoms with Crippen LogP contribution in [0.25, 0.3) is 22.4 Å². The van der Waals surface area contributed by atoms with Crippen molar-refractivity contribution in [3.8, 4) is 5.69 Å². The summed E-state index contributed by atoms with van der Waals surface area (Å²) in [5.41, 5.74) is 2.48. The molecule has 0 aliphatic rings. The van der Waals surface area contributed by atoms with Crippen molar-refractivity contribution >= 4 is 39.8 Å². The first-order chi connectivity index (χ1) is 13.7. The second-order valence-corrected chi connectivity index (χ2v) is 8.26. The number of thiazole rings is 1. The highest BCUT2D eigenvalue weighted by molar-refractivity contribution is 7.98. The molecule has 0 radical (unpaired) electrons. The molecule has 6 nitrogen and oxygen atoms in total. The Morgan fingerprint density at radius 3 is 2.61 bits per heavy atom. The third kappa shape index (κ3) is 2.81. The minimum atomic E-state index is -0.103. The van der Waals surface area contributed by atoms with Gasteiger partial charge in [0.15, 0.2) is 5.16 Å². The monoisotopic (exact) mass is 405 g/mol. The second kappa shape index (κ2) is 6.88. The maximum absolute atomic E-state index is 13.2. The maximum atomic E-state index is 13.2. The van der Waals surface area contributed by atoms with Gasteiger partial charge in [-0.3, -0.25) is 9.20 Å². The molecule has 0 amide bonds. The first-order valence-electron chi connectivity index (χ1n) is 8.70. The summed E-state index contributed by atoms with van der Waals surface area (Å²) in [6.45, 7) is 2.00. The van der Waals surface area contributed by atoms with E-state index in [0.29, 0.717) is 16.9 Å². The molecule has 0 N–H and O–H groups in total. The first kappa shape index (κ1) is 17.2. The molecule has 0 saturated carbocycles. The lowest BCUT2D eigenvalue weighted by Crippen LogP contribution is -2.21. The maximum Gasteiger partial charge on any atom is 0.267 e. The topological polar surface area (TPSA) is 65.1 Å². The van der Waals surface area contributed by atoms with E-state index in [2.05, 4.69) is 20.6 Å². The van der Waals surface area contributed by atoms with E-state index in [1.54, 1.807) is 27.7 Å². The summed E-state index contributed by atoms with van der Waals surface area (Å²) in [4.78, 5) is 17.7. The predicted octanol–water partition coefficient (Wildman–Crippen LogP) is 4.09. The molecule has 5 aromatic rings. The van der Waals surface area contributed by atoms with Crippen molar-refractivity contribution in [3.63, 3.8) is 0 Å². The Balaban J connectivity index is 1.74. The van der Waals surface area contributed by atoms with Gasteiger partial charge in [-0.15, -0.1) is 21.5 Å². The molecule has 0 bridgehead atoms. The number of benzene rings is 2. The Morgan fingerprint density at radius 1 is 1.04 bits per heavy atom. The third-order valence-electron chi connectivity index (χ3n) is 4.42. The zero-order chi connectivity index (χ0) is 19.1. The van der Waals surface area contributed by atoms with Gasteiger partial charge in [0.1, 0.15) is 0 Å². The van der Waals surface area contributed by atoms with Crippen LogP contribution in [0.15, 0.2) is 69.9 Å². The number of para-hydroxylation sites is 2. The van der Waals surface area contributed by atoms with Crippen molar-refractivity contribution in [1.29, 1.82) is 0 Å². The van der Waals surface area contributed by atoms with Crippen LogP contribution in [0.4, 0.5) is 0 Å². The smallest absolute Gasteiger partial charge is 0.267 e. The Morgan fingerprint density at radius 2 is 1.82 bits per heavy atom. The molecule has 0 unspecified atom stereocenters. The minimum absolute atomic E-state index is 0.103. The number of fused-ring (bicyclic) bond motifs is 3. The van der Waals surface area contributed by atoms with E-state index in [9.17, 15) is 4.79 Å². The van der Waals surface area contributed by atoms with Crippen LogP contribution in [0.5, 0.6) is 0 Å². The fourth-order valence-corrected chi connectivity index (χ4v) is 4.75. The van der Waals surface area contributed by atoms with Gasteiger partial charge >= 0.3 is 0 Å². The molecule has 3 aromatic heterocycles. The lowest BCUT2D eigenvalue weighted by Gasteiger charge is -2.11. The highest BCUT2D eigenvalue weighted by Crippen LogP contribution is 2.26. The molecule has 0 atom stereocenters. The summed E-state index contributed by atoms with van der Waals surface area (Å²) in [6, 6.07) is 17.1. The summed E-state index contributed by atoms with van der Waals surface area (Å²) >= 11 is 3.20. The Hall–Kier alpha value is -2.97. The van der Waals surface area contributed by atoms with Crippen LogP contribution in [0.2, 0.25) is 0 Å². The lowest BCUT2D eigenvalue weighted by molar-refractivity contribution is 0.929. The van der Waals surface area contributed by atoms with Gasteiger partial charge in [-0.2, -0.15) is 0 Å². The molecule has 0 aliphatic carbocycles. The third-order valence-corrected chi connectivity index (χ3v) is 6.21. The summed E-state index contributed by atoms with van der Waals surface area (Å²) < 4.78 is 3.57. The van der Waals surface area contributed by atoms with Gasteiger partial charge in [0.25, 0.3) is 5.56 Å². The van der Waals surface area contributed by atoms with Crippen LogP contribution < -0.4 is 5.56 Å². The molecule has 8 heteroatoms. The fourth-order valence-electron chi connectivity index (χ4n) is 3.19. The first-order valence-corrected chi connectivity index (χ1v) is 10.6. The van der Waals surface area contributed by atoms with E-state index >= 15 is 0 Å². The van der Waals surface area contributed by atoms with Crippen LogP contribution in [-0.4, -0.2) is 24.1 Å². The average molecular weight is 406 g/mol. The Kier molecular flexibility index (Phi) is 4.22. The van der Waals surface area contributed by atoms with E-state index in [1.165, 1.54) is 0 Å². The zero-order valence-electron chi connectivity index (χ0n) is 14.9. The zero-order valence-corrected chi connectivity index (χ0v) is 16.6. The second-order valence-electron chi connectivity index (χ2n) is 6.26. The number of hydrogen-bond donors (Lipinski definition) is 0. The van der Waals surface area contributed by atoms with E-state index in [-0.39, 0.29) is 5.56 Å². The standard InChI is InChI=1S/C20H15N5OS2/c1-13-21-14(11-27-13)12-28-20-23-22-19-24(15-7-3-2-4-8-15)18(26)16-9-5-6-10-17(16)25(19)20/h2-11H,12H2,1H3. The highest BCUT2D eigenvalue weighted by atomic mass is 32.2. The number of aromatic nitrogens is 5. The van der Waals surface area contributed by atoms with Crippen LogP contribution in [-0.2, 0) is 5.75 Å². The Labute approximate surface area is 168 Å². The van der Waals surface area contributed by atoms with E-state index in [0.717, 1.165) is 27.1 Å². The van der Waals surface area contributed by atoms with Gasteiger partial charge in [-0.25, -0.2) is 9.55 Å². The van der Waals surface area contributed by atoms with Gasteiger partial charge in [-0.1, -0.05) is 42.1 Å². The quantitative estimate of drug-likeness (QED) is 0.421. The summed E-state index contributed by atoms with van der Waals surface area (Å²) in [5.74, 6) is 1.20. The number of aryl methyl sites for hydroxylation is 1. The van der Waals surface area contributed by atoms with Gasteiger partial charge < -0.3 is 0 Å². The minimum Gasteiger partial charge on any atom is -0.268 e. The molecular formula is C20H15N5OS2. The predicted molar refractivity (Wildman–Crippen MR) is 113 cm³/mol. The average Bonchev–Trinajstić information content (AvgIpc) is 3.33. The number of rotatable bonds is 4. The molecule has 0 fully saturated rings. The molecule has 0 aliphatic heterocycles. The van der Waals surface area contributed by atoms with Gasteiger partial charge in [-0.05, 0) is 31.2 Å². The van der Waals surface area contributed by atoms with Crippen molar-refractivity contribution in [2.45, 2.75) is 17.8 Å². The van der Waals surface area contributed by atoms with E-state index in [1.807, 2.05) is 65.9 Å². The van der Waals surface area contributed by atoms with Crippen molar-refractivity contribution < 1.29 is 0 Å². The van der Waals surface area contributed by atoms with Crippen LogP contribution in [0.1, 0.15) is 10.7 Å². The van der Waals surface area contributed by atoms with Crippen molar-refractivity contribution in [2.75, 3.05) is 0 Å². The lowest BCUT2D eigenvalue weighted by atomic mass is 10.2. The van der Waals surface area contributed by atoms with Gasteiger partial charge in [0.05, 0.1) is 27.3 Å². The normalized spacial score (nSPS) is 11.5. The van der Waals surface area contributed by atoms with Crippen molar-refractivity contribution in [1.82, 2.24) is 24.1 Å². The van der Waals surface area contributed by atoms with Crippen LogP contribution in [0.3, 0.4) is 0 Å². The highest BCUT2D eigenvalue weighted by Gasteiger charge is 2.18. The van der Waals surface area contributed by atoms with Crippen molar-refractivity contribution in [3.05, 3.63) is 81.0 Å². The molecule has 0 spiro atoms. The Bertz CT molecular complexity index is 1350. The molecule has 28 heavy (non-hydrogen) atoms. The number of thioether (sulfide) groups is 1. The fraction of sp³-hybridized carbons (Fsp3) is 0.100. The van der Waals surface area contributed by atoms with E-state index in [4.69, 9.17) is 0 Å². The molecule has 138 valence electrons. The van der Waals surface area contributed by atoms with E-state index < -0.39 is 0 Å². The number of hydrogen-bond acceptors (Lipinski definition) is 6. The van der Waals surface area contributed by atoms with Gasteiger partial charge in [0.2, 0.25) is 5.78 Å². The molecule has 0 saturated heterocycles. The number of nitrogens with zero attached hydrogens (tertiary/aromatic N) is 5. The van der Waals surface area contributed by atoms with Crippen LogP contribution in [0, 0.1) is 6.92 Å². The summed E-state index contributed by atoms with van der Waals surface area (Å²) in [6.07, 6.45) is 0. The largest absolute Gasteiger partial charge is 0.268 e. The molecule has 3 heterocycles. The SMILES string of the molecule is Cc1nc(CSc2nnc3n(-c4ccccc4)c(=O)c4ccccc4n23)cs1. The van der Waals surface area contributed by atoms with Crippen molar-refractivity contribution in [2.24, 2.45) is 0 Å². The van der Waals surface area contributed by atoms with Gasteiger partial charge in [0, 0.05) is 11.1 Å². The summed E-state index contributed by atoms with van der Waals surface area (Å²) in [7, 11) is 0. The molecular weight excluding hydrogens is 390 g/mol. The summed E-state index contributed by atoms with van der Waals surface area (Å²) in [5, 5.41) is 13.2. The van der Waals surface area contributed by atoms with Crippen LogP contribution >= 0.6 is 23.1 Å².